The van der Waals surface area contributed by atoms with Gasteiger partial charge in [-0.2, -0.15) is 0 Å². The molecule has 0 aromatic heterocycles. The summed E-state index contributed by atoms with van der Waals surface area (Å²) in [7, 11) is 0. The van der Waals surface area contributed by atoms with Gasteiger partial charge in [0.15, 0.2) is 0 Å². The van der Waals surface area contributed by atoms with E-state index in [1.165, 1.54) is 66.1 Å². The molecule has 0 atom stereocenters. The standard InChI is InChI=1S/C56H39N/c1-6-20-40(21-7-1)45-30-18-31-47(38-45)57(52-37-36-46(41-22-8-2-9-23-41)39-51(52)42-24-10-3-11-25-42)53-35-19-34-50-48-32-16-17-33-49(48)54(43-26-12-4-13-27-43)55(56(50)53)44-28-14-5-15-29-44/h1-39H. The van der Waals surface area contributed by atoms with Gasteiger partial charge in [-0.25, -0.2) is 0 Å². The van der Waals surface area contributed by atoms with E-state index in [4.69, 9.17) is 0 Å². The lowest BCUT2D eigenvalue weighted by Crippen LogP contribution is -2.12. The molecule has 0 fully saturated rings. The molecule has 0 aliphatic heterocycles. The number of anilines is 3. The highest BCUT2D eigenvalue weighted by Gasteiger charge is 2.25. The molecule has 10 aromatic carbocycles. The van der Waals surface area contributed by atoms with Crippen LogP contribution in [0.15, 0.2) is 237 Å². The zero-order valence-corrected chi connectivity index (χ0v) is 31.5. The molecule has 0 saturated carbocycles. The topological polar surface area (TPSA) is 3.24 Å². The van der Waals surface area contributed by atoms with Gasteiger partial charge in [0.2, 0.25) is 0 Å². The molecule has 0 saturated heterocycles. The van der Waals surface area contributed by atoms with Gasteiger partial charge >= 0.3 is 0 Å². The van der Waals surface area contributed by atoms with Crippen LogP contribution in [-0.4, -0.2) is 0 Å². The monoisotopic (exact) mass is 725 g/mol. The molecule has 0 N–H and O–H groups in total. The Bertz CT molecular complexity index is 2970. The molecule has 268 valence electrons. The summed E-state index contributed by atoms with van der Waals surface area (Å²) in [6.07, 6.45) is 0. The molecule has 10 rings (SSSR count). The lowest BCUT2D eigenvalue weighted by Gasteiger charge is -2.31. The van der Waals surface area contributed by atoms with Gasteiger partial charge in [0, 0.05) is 22.2 Å². The lowest BCUT2D eigenvalue weighted by atomic mass is 9.84. The Morgan fingerprint density at radius 1 is 0.246 bits per heavy atom. The highest BCUT2D eigenvalue weighted by Crippen LogP contribution is 2.51. The predicted molar refractivity (Wildman–Crippen MR) is 243 cm³/mol. The molecule has 0 aliphatic rings. The molecular weight excluding hydrogens is 687 g/mol. The largest absolute Gasteiger partial charge is 0.309 e. The van der Waals surface area contributed by atoms with Gasteiger partial charge in [0.1, 0.15) is 0 Å². The molecule has 0 radical (unpaired) electrons. The lowest BCUT2D eigenvalue weighted by molar-refractivity contribution is 1.30. The second-order valence-corrected chi connectivity index (χ2v) is 14.4. The maximum absolute atomic E-state index is 2.50. The number of hydrogen-bond donors (Lipinski definition) is 0. The van der Waals surface area contributed by atoms with E-state index in [-0.39, 0.29) is 0 Å². The number of nitrogens with zero attached hydrogens (tertiary/aromatic N) is 1. The van der Waals surface area contributed by atoms with Gasteiger partial charge < -0.3 is 4.90 Å². The number of benzene rings is 10. The quantitative estimate of drug-likeness (QED) is 0.141. The summed E-state index contributed by atoms with van der Waals surface area (Å²) in [6, 6.07) is 85.8. The highest BCUT2D eigenvalue weighted by molar-refractivity contribution is 6.25. The fourth-order valence-electron chi connectivity index (χ4n) is 8.46. The first kappa shape index (κ1) is 34.0. The number of rotatable bonds is 8. The van der Waals surface area contributed by atoms with Crippen molar-refractivity contribution in [1.82, 2.24) is 0 Å². The van der Waals surface area contributed by atoms with Crippen molar-refractivity contribution in [1.29, 1.82) is 0 Å². The van der Waals surface area contributed by atoms with Crippen LogP contribution in [0, 0.1) is 0 Å². The highest BCUT2D eigenvalue weighted by atomic mass is 15.1. The maximum Gasteiger partial charge on any atom is 0.0547 e. The van der Waals surface area contributed by atoms with E-state index in [1.54, 1.807) is 0 Å². The van der Waals surface area contributed by atoms with Gasteiger partial charge in [-0.3, -0.25) is 0 Å². The Morgan fingerprint density at radius 2 is 0.702 bits per heavy atom. The van der Waals surface area contributed by atoms with Crippen LogP contribution in [0.2, 0.25) is 0 Å². The summed E-state index contributed by atoms with van der Waals surface area (Å²) in [4.78, 5) is 2.50. The van der Waals surface area contributed by atoms with Crippen LogP contribution in [0.3, 0.4) is 0 Å². The Kier molecular flexibility index (Phi) is 8.95. The summed E-state index contributed by atoms with van der Waals surface area (Å²) in [6.45, 7) is 0. The molecule has 1 nitrogen and oxygen atoms in total. The summed E-state index contributed by atoms with van der Waals surface area (Å²) >= 11 is 0. The van der Waals surface area contributed by atoms with Crippen LogP contribution < -0.4 is 4.90 Å². The first-order valence-corrected chi connectivity index (χ1v) is 19.6. The van der Waals surface area contributed by atoms with Crippen molar-refractivity contribution in [2.24, 2.45) is 0 Å². The van der Waals surface area contributed by atoms with E-state index in [0.29, 0.717) is 0 Å². The summed E-state index contributed by atoms with van der Waals surface area (Å²) in [5, 5.41) is 4.89. The average molecular weight is 726 g/mol. The van der Waals surface area contributed by atoms with Gasteiger partial charge in [-0.1, -0.05) is 206 Å². The third-order valence-corrected chi connectivity index (χ3v) is 11.0. The minimum atomic E-state index is 1.09. The van der Waals surface area contributed by atoms with Crippen molar-refractivity contribution in [3.05, 3.63) is 237 Å². The molecular formula is C56H39N. The van der Waals surface area contributed by atoms with Crippen LogP contribution in [0.5, 0.6) is 0 Å². The fourth-order valence-corrected chi connectivity index (χ4v) is 8.46. The van der Waals surface area contributed by atoms with Gasteiger partial charge in [-0.15, -0.1) is 0 Å². The Balaban J connectivity index is 1.36. The van der Waals surface area contributed by atoms with Crippen molar-refractivity contribution >= 4 is 38.6 Å². The smallest absolute Gasteiger partial charge is 0.0547 e. The third kappa shape index (κ3) is 6.36. The van der Waals surface area contributed by atoms with Crippen molar-refractivity contribution in [2.75, 3.05) is 4.90 Å². The van der Waals surface area contributed by atoms with Crippen molar-refractivity contribution in [3.63, 3.8) is 0 Å². The third-order valence-electron chi connectivity index (χ3n) is 11.0. The normalized spacial score (nSPS) is 11.2. The zero-order valence-electron chi connectivity index (χ0n) is 31.5. The summed E-state index contributed by atoms with van der Waals surface area (Å²) < 4.78 is 0. The van der Waals surface area contributed by atoms with Crippen molar-refractivity contribution in [2.45, 2.75) is 0 Å². The predicted octanol–water partition coefficient (Wildman–Crippen LogP) is 15.8. The van der Waals surface area contributed by atoms with Gasteiger partial charge in [0.05, 0.1) is 11.4 Å². The summed E-state index contributed by atoms with van der Waals surface area (Å²) in [5.41, 5.74) is 15.2. The minimum absolute atomic E-state index is 1.09. The molecule has 0 bridgehead atoms. The van der Waals surface area contributed by atoms with E-state index >= 15 is 0 Å². The van der Waals surface area contributed by atoms with Crippen LogP contribution in [0.25, 0.3) is 77.2 Å². The molecule has 0 amide bonds. The van der Waals surface area contributed by atoms with Crippen LogP contribution >= 0.6 is 0 Å². The molecule has 0 aliphatic carbocycles. The summed E-state index contributed by atoms with van der Waals surface area (Å²) in [5.74, 6) is 0. The first-order chi connectivity index (χ1) is 28.3. The van der Waals surface area contributed by atoms with Crippen molar-refractivity contribution in [3.8, 4) is 55.6 Å². The second-order valence-electron chi connectivity index (χ2n) is 14.4. The van der Waals surface area contributed by atoms with E-state index in [2.05, 4.69) is 241 Å². The Labute approximate surface area is 334 Å². The zero-order chi connectivity index (χ0) is 38.0. The second kappa shape index (κ2) is 15.0. The Hall–Kier alpha value is -7.48. The van der Waals surface area contributed by atoms with Crippen molar-refractivity contribution < 1.29 is 0 Å². The van der Waals surface area contributed by atoms with Crippen LogP contribution in [0.1, 0.15) is 0 Å². The minimum Gasteiger partial charge on any atom is -0.309 e. The van der Waals surface area contributed by atoms with Crippen LogP contribution in [-0.2, 0) is 0 Å². The maximum atomic E-state index is 2.50. The van der Waals surface area contributed by atoms with E-state index in [9.17, 15) is 0 Å². The number of fused-ring (bicyclic) bond motifs is 3. The average Bonchev–Trinajstić information content (AvgIpc) is 3.30. The molecule has 0 unspecified atom stereocenters. The first-order valence-electron chi connectivity index (χ1n) is 19.6. The fraction of sp³-hybridized carbons (Fsp3) is 0. The molecule has 0 heterocycles. The molecule has 57 heavy (non-hydrogen) atoms. The van der Waals surface area contributed by atoms with E-state index in [0.717, 1.165) is 28.2 Å². The van der Waals surface area contributed by atoms with Gasteiger partial charge in [-0.05, 0) is 91.0 Å². The van der Waals surface area contributed by atoms with Crippen LogP contribution in [0.4, 0.5) is 17.1 Å². The molecule has 1 heteroatoms. The van der Waals surface area contributed by atoms with Gasteiger partial charge in [0.25, 0.3) is 0 Å². The van der Waals surface area contributed by atoms with E-state index in [1.807, 2.05) is 0 Å². The SMILES string of the molecule is c1ccc(-c2cccc(N(c3ccc(-c4ccccc4)cc3-c3ccccc3)c3cccc4c3c(-c3ccccc3)c(-c3ccccc3)c3ccccc34)c2)cc1. The Morgan fingerprint density at radius 3 is 1.32 bits per heavy atom. The van der Waals surface area contributed by atoms with E-state index < -0.39 is 0 Å². The number of hydrogen-bond acceptors (Lipinski definition) is 1. The molecule has 10 aromatic rings. The molecule has 0 spiro atoms.